The summed E-state index contributed by atoms with van der Waals surface area (Å²) in [5.41, 5.74) is -2.24. The molecule has 0 unspecified atom stereocenters. The molecule has 19 heavy (non-hydrogen) atoms. The van der Waals surface area contributed by atoms with Gasteiger partial charge in [-0.25, -0.2) is 8.42 Å². The molecular formula is C9H14F3NO4S2. The number of aryl methyl sites for hydroxylation is 1. The molecule has 0 bridgehead atoms. The van der Waals surface area contributed by atoms with Gasteiger partial charge in [-0.15, -0.1) is 0 Å². The van der Waals surface area contributed by atoms with Gasteiger partial charge in [0.25, 0.3) is 0 Å². The van der Waals surface area contributed by atoms with Crippen molar-refractivity contribution >= 4 is 21.5 Å². The van der Waals surface area contributed by atoms with E-state index in [9.17, 15) is 13.2 Å². The molecule has 112 valence electrons. The van der Waals surface area contributed by atoms with Crippen LogP contribution in [0.25, 0.3) is 0 Å². The van der Waals surface area contributed by atoms with E-state index in [4.69, 9.17) is 18.1 Å². The second-order valence-electron chi connectivity index (χ2n) is 3.39. The first-order chi connectivity index (χ1) is 8.54. The van der Waals surface area contributed by atoms with Gasteiger partial charge in [0, 0.05) is 20.0 Å². The Balaban J connectivity index is 0.000000362. The highest BCUT2D eigenvalue weighted by Crippen LogP contribution is 2.20. The molecule has 0 radical (unpaired) electrons. The second kappa shape index (κ2) is 7.17. The fraction of sp³-hybridized carbons (Fsp3) is 0.667. The van der Waals surface area contributed by atoms with Crippen molar-refractivity contribution in [3.05, 3.63) is 16.1 Å². The van der Waals surface area contributed by atoms with E-state index in [0.717, 1.165) is 13.0 Å². The Morgan fingerprint density at radius 1 is 1.47 bits per heavy atom. The van der Waals surface area contributed by atoms with Crippen molar-refractivity contribution in [2.24, 2.45) is 0 Å². The van der Waals surface area contributed by atoms with Crippen molar-refractivity contribution in [1.82, 2.24) is 0 Å². The third kappa shape index (κ3) is 5.85. The molecule has 0 aliphatic carbocycles. The number of aliphatic hydroxyl groups is 1. The fourth-order valence-electron chi connectivity index (χ4n) is 1.10. The molecule has 0 aromatic carbocycles. The van der Waals surface area contributed by atoms with Crippen LogP contribution in [0.3, 0.4) is 0 Å². The lowest BCUT2D eigenvalue weighted by Gasteiger charge is -2.08. The summed E-state index contributed by atoms with van der Waals surface area (Å²) in [6, 6.07) is 0. The van der Waals surface area contributed by atoms with Gasteiger partial charge in [0.1, 0.15) is 6.54 Å². The predicted molar refractivity (Wildman–Crippen MR) is 61.5 cm³/mol. The Labute approximate surface area is 113 Å². The zero-order chi connectivity index (χ0) is 15.3. The van der Waals surface area contributed by atoms with Crippen LogP contribution in [0, 0.1) is 6.92 Å². The summed E-state index contributed by atoms with van der Waals surface area (Å²) in [4.78, 5) is 1.30. The maximum Gasteiger partial charge on any atom is 0.485 e. The summed E-state index contributed by atoms with van der Waals surface area (Å²) >= 11 is 1.73. The highest BCUT2D eigenvalue weighted by atomic mass is 32.2. The topological polar surface area (TPSA) is 81.3 Å². The second-order valence-corrected chi connectivity index (χ2v) is 5.70. The summed E-state index contributed by atoms with van der Waals surface area (Å²) in [6.07, 6.45) is 0.795. The Bertz CT molecular complexity index is 496. The van der Waals surface area contributed by atoms with E-state index in [2.05, 4.69) is 23.9 Å². The van der Waals surface area contributed by atoms with Crippen molar-refractivity contribution in [2.45, 2.75) is 32.3 Å². The summed E-state index contributed by atoms with van der Waals surface area (Å²) in [6.45, 7) is 5.51. The number of nitrogens with zero attached hydrogens (tertiary/aromatic N) is 1. The first-order valence-corrected chi connectivity index (χ1v) is 7.42. The predicted octanol–water partition coefficient (Wildman–Crippen LogP) is 0.950. The number of aromatic nitrogens is 1. The van der Waals surface area contributed by atoms with Gasteiger partial charge in [-0.05, 0) is 6.92 Å². The minimum absolute atomic E-state index is 0.255. The quantitative estimate of drug-likeness (QED) is 0.510. The van der Waals surface area contributed by atoms with Crippen molar-refractivity contribution in [1.29, 1.82) is 0 Å². The number of aliphatic hydroxyl groups excluding tert-OH is 1. The zero-order valence-electron chi connectivity index (χ0n) is 10.3. The summed E-state index contributed by atoms with van der Waals surface area (Å²) in [5, 5.41) is 8.72. The van der Waals surface area contributed by atoms with Crippen molar-refractivity contribution in [3.63, 3.8) is 0 Å². The summed E-state index contributed by atoms with van der Waals surface area (Å²) in [7, 11) is -6.09. The summed E-state index contributed by atoms with van der Waals surface area (Å²) in [5.74, 6) is 0. The average molecular weight is 321 g/mol. The highest BCUT2D eigenvalue weighted by molar-refractivity contribution is 7.86. The third-order valence-electron chi connectivity index (χ3n) is 2.12. The van der Waals surface area contributed by atoms with E-state index in [1.807, 2.05) is 0 Å². The molecule has 0 amide bonds. The lowest BCUT2D eigenvalue weighted by molar-refractivity contribution is -0.694. The normalized spacial score (nSPS) is 11.9. The maximum absolute atomic E-state index is 10.7. The van der Waals surface area contributed by atoms with Crippen LogP contribution >= 0.6 is 11.3 Å². The summed E-state index contributed by atoms with van der Waals surface area (Å²) < 4.78 is 61.1. The molecule has 1 aromatic heterocycles. The van der Waals surface area contributed by atoms with Crippen LogP contribution in [0.15, 0.2) is 5.51 Å². The molecule has 0 atom stereocenters. The standard InChI is InChI=1S/C8H14NOS.CHF3O3S/c1-3-9-6-11-8(4-5-10)7(9)2;2-1(3,4)8(5,6)7/h6,10H,3-5H2,1-2H3;(H,5,6,7)/q+1;/p-1. The average Bonchev–Trinajstić information content (AvgIpc) is 2.59. The van der Waals surface area contributed by atoms with E-state index in [1.165, 1.54) is 10.6 Å². The maximum atomic E-state index is 10.7. The number of hydrogen-bond acceptors (Lipinski definition) is 5. The van der Waals surface area contributed by atoms with Crippen LogP contribution in [-0.2, 0) is 23.1 Å². The smallest absolute Gasteiger partial charge is 0.485 e. The van der Waals surface area contributed by atoms with Crippen LogP contribution in [0.1, 0.15) is 17.5 Å². The molecule has 0 aliphatic rings. The molecule has 1 N–H and O–H groups in total. The largest absolute Gasteiger partial charge is 0.741 e. The van der Waals surface area contributed by atoms with E-state index in [0.29, 0.717) is 0 Å². The first-order valence-electron chi connectivity index (χ1n) is 5.14. The Kier molecular flexibility index (Phi) is 6.91. The fourth-order valence-corrected chi connectivity index (χ4v) is 2.16. The van der Waals surface area contributed by atoms with E-state index >= 15 is 0 Å². The minimum atomic E-state index is -6.09. The monoisotopic (exact) mass is 321 g/mol. The number of halogens is 3. The number of thiazole rings is 1. The van der Waals surface area contributed by atoms with Crippen LogP contribution in [-0.4, -0.2) is 30.2 Å². The van der Waals surface area contributed by atoms with Gasteiger partial charge in [-0.2, -0.15) is 17.7 Å². The number of hydrogen-bond donors (Lipinski definition) is 1. The molecule has 0 saturated heterocycles. The molecular weight excluding hydrogens is 307 g/mol. The molecule has 0 fully saturated rings. The molecule has 10 heteroatoms. The molecule has 5 nitrogen and oxygen atoms in total. The highest BCUT2D eigenvalue weighted by Gasteiger charge is 2.36. The van der Waals surface area contributed by atoms with Crippen LogP contribution in [0.5, 0.6) is 0 Å². The van der Waals surface area contributed by atoms with Gasteiger partial charge < -0.3 is 9.66 Å². The van der Waals surface area contributed by atoms with Gasteiger partial charge in [0.15, 0.2) is 15.8 Å². The van der Waals surface area contributed by atoms with Crippen molar-refractivity contribution < 1.29 is 35.8 Å². The van der Waals surface area contributed by atoms with Crippen LogP contribution < -0.4 is 4.57 Å². The van der Waals surface area contributed by atoms with Gasteiger partial charge in [-0.1, -0.05) is 11.3 Å². The van der Waals surface area contributed by atoms with E-state index < -0.39 is 15.6 Å². The van der Waals surface area contributed by atoms with E-state index in [-0.39, 0.29) is 6.61 Å². The lowest BCUT2D eigenvalue weighted by atomic mass is 10.3. The van der Waals surface area contributed by atoms with Crippen molar-refractivity contribution in [2.75, 3.05) is 6.61 Å². The number of rotatable bonds is 3. The zero-order valence-corrected chi connectivity index (χ0v) is 11.9. The van der Waals surface area contributed by atoms with Crippen LogP contribution in [0.2, 0.25) is 0 Å². The van der Waals surface area contributed by atoms with Gasteiger partial charge in [0.05, 0.1) is 4.88 Å². The first kappa shape index (κ1) is 18.3. The van der Waals surface area contributed by atoms with Gasteiger partial charge in [0.2, 0.25) is 5.51 Å². The molecule has 1 heterocycles. The molecule has 0 aliphatic heterocycles. The molecule has 0 spiro atoms. The Hall–Kier alpha value is -0.710. The Morgan fingerprint density at radius 2 is 1.95 bits per heavy atom. The number of alkyl halides is 3. The molecule has 0 saturated carbocycles. The molecule has 1 aromatic rings. The van der Waals surface area contributed by atoms with Crippen LogP contribution in [0.4, 0.5) is 13.2 Å². The van der Waals surface area contributed by atoms with E-state index in [1.54, 1.807) is 11.3 Å². The minimum Gasteiger partial charge on any atom is -0.741 e. The third-order valence-corrected chi connectivity index (χ3v) is 3.83. The molecule has 1 rings (SSSR count). The lowest BCUT2D eigenvalue weighted by Crippen LogP contribution is -2.32. The van der Waals surface area contributed by atoms with Crippen molar-refractivity contribution in [3.8, 4) is 0 Å². The Morgan fingerprint density at radius 3 is 2.21 bits per heavy atom. The van der Waals surface area contributed by atoms with Gasteiger partial charge in [-0.3, -0.25) is 0 Å². The SMILES string of the molecule is CC[n+]1csc(CCO)c1C.O=S(=O)([O-])C(F)(F)F. The van der Waals surface area contributed by atoms with Gasteiger partial charge >= 0.3 is 5.51 Å².